The highest BCUT2D eigenvalue weighted by atomic mass is 16.5. The molecule has 232 valence electrons. The van der Waals surface area contributed by atoms with Gasteiger partial charge in [-0.05, 0) is 91.0 Å². The Morgan fingerprint density at radius 3 is 2.00 bits per heavy atom. The summed E-state index contributed by atoms with van der Waals surface area (Å²) in [6, 6.07) is 31.4. The Labute approximate surface area is 266 Å². The van der Waals surface area contributed by atoms with Crippen molar-refractivity contribution in [3.8, 4) is 11.5 Å². The number of aromatic nitrogens is 1. The molecule has 7 nitrogen and oxygen atoms in total. The number of ether oxygens (including phenoxy) is 2. The topological polar surface area (TPSA) is 75.9 Å². The van der Waals surface area contributed by atoms with Crippen LogP contribution in [-0.4, -0.2) is 37.2 Å². The summed E-state index contributed by atoms with van der Waals surface area (Å²) < 4.78 is 10.8. The number of nitrogens with two attached hydrogens (primary N) is 1. The molecule has 2 heterocycles. The number of fused-ring (bicyclic) bond motifs is 1. The Balaban J connectivity index is 1.32. The predicted molar refractivity (Wildman–Crippen MR) is 185 cm³/mol. The number of nitrogens with one attached hydrogen (secondary N) is 1. The standard InChI is InChI=1S/C38H43N5O2/c1-27-22-30(10-15-31(27)26-42-20-6-7-21-42)23-40-38-36(39)37(34-8-4-5-9-35(34)41-38)43(24-28-11-16-32(44-2)17-12-28)25-29-13-18-33(45-3)19-14-29/h4-5,8-19,22H,6-7,20-21,23-26,39H2,1-3H3,(H,40,41). The van der Waals surface area contributed by atoms with E-state index >= 15 is 0 Å². The summed E-state index contributed by atoms with van der Waals surface area (Å²) in [4.78, 5) is 9.88. The molecule has 0 radical (unpaired) electrons. The SMILES string of the molecule is COc1ccc(CN(Cc2ccc(OC)cc2)c2c(N)c(NCc3ccc(CN4CCCC4)c(C)c3)nc3ccccc23)cc1. The van der Waals surface area contributed by atoms with Gasteiger partial charge in [0.1, 0.15) is 11.5 Å². The zero-order valence-electron chi connectivity index (χ0n) is 26.6. The van der Waals surface area contributed by atoms with Crippen molar-refractivity contribution in [3.63, 3.8) is 0 Å². The molecule has 0 spiro atoms. The number of benzene rings is 4. The molecule has 0 unspecified atom stereocenters. The van der Waals surface area contributed by atoms with Crippen molar-refractivity contribution in [2.45, 2.75) is 45.9 Å². The van der Waals surface area contributed by atoms with Crippen LogP contribution in [0.2, 0.25) is 0 Å². The number of nitrogens with zero attached hydrogens (tertiary/aromatic N) is 3. The Morgan fingerprint density at radius 1 is 0.800 bits per heavy atom. The number of hydrogen-bond donors (Lipinski definition) is 2. The summed E-state index contributed by atoms with van der Waals surface area (Å²) in [7, 11) is 3.38. The highest BCUT2D eigenvalue weighted by Gasteiger charge is 2.20. The number of rotatable bonds is 12. The van der Waals surface area contributed by atoms with E-state index in [2.05, 4.69) is 76.6 Å². The normalized spacial score (nSPS) is 13.2. The molecule has 45 heavy (non-hydrogen) atoms. The molecule has 0 aliphatic carbocycles. The molecule has 1 saturated heterocycles. The molecule has 1 aliphatic rings. The van der Waals surface area contributed by atoms with Gasteiger partial charge in [0.15, 0.2) is 5.82 Å². The minimum Gasteiger partial charge on any atom is -0.497 e. The number of para-hydroxylation sites is 1. The first-order chi connectivity index (χ1) is 22.0. The van der Waals surface area contributed by atoms with Crippen LogP contribution >= 0.6 is 0 Å². The summed E-state index contributed by atoms with van der Waals surface area (Å²) in [5, 5.41) is 4.61. The number of aryl methyl sites for hydroxylation is 1. The van der Waals surface area contributed by atoms with E-state index in [-0.39, 0.29) is 0 Å². The largest absolute Gasteiger partial charge is 0.497 e. The summed E-state index contributed by atoms with van der Waals surface area (Å²) in [6.45, 7) is 7.59. The zero-order chi connectivity index (χ0) is 31.2. The van der Waals surface area contributed by atoms with E-state index in [1.165, 1.54) is 42.6 Å². The van der Waals surface area contributed by atoms with Crippen LogP contribution in [0.1, 0.15) is 40.7 Å². The summed E-state index contributed by atoms with van der Waals surface area (Å²) in [5.74, 6) is 2.36. The lowest BCUT2D eigenvalue weighted by Gasteiger charge is -2.29. The van der Waals surface area contributed by atoms with Crippen molar-refractivity contribution in [2.75, 3.05) is 43.3 Å². The van der Waals surface area contributed by atoms with Gasteiger partial charge in [-0.25, -0.2) is 4.98 Å². The van der Waals surface area contributed by atoms with Crippen LogP contribution in [0.15, 0.2) is 91.0 Å². The molecule has 0 atom stereocenters. The van der Waals surface area contributed by atoms with E-state index in [1.54, 1.807) is 14.2 Å². The molecule has 0 saturated carbocycles. The lowest BCUT2D eigenvalue weighted by molar-refractivity contribution is 0.330. The number of hydrogen-bond acceptors (Lipinski definition) is 7. The maximum Gasteiger partial charge on any atom is 0.152 e. The van der Waals surface area contributed by atoms with Gasteiger partial charge in [0.25, 0.3) is 0 Å². The molecule has 0 amide bonds. The highest BCUT2D eigenvalue weighted by Crippen LogP contribution is 2.38. The molecule has 5 aromatic rings. The third kappa shape index (κ3) is 7.15. The third-order valence-corrected chi connectivity index (χ3v) is 8.74. The highest BCUT2D eigenvalue weighted by molar-refractivity contribution is 6.01. The van der Waals surface area contributed by atoms with Gasteiger partial charge >= 0.3 is 0 Å². The van der Waals surface area contributed by atoms with E-state index in [1.807, 2.05) is 36.4 Å². The summed E-state index contributed by atoms with van der Waals surface area (Å²) >= 11 is 0. The average Bonchev–Trinajstić information content (AvgIpc) is 3.59. The molecular weight excluding hydrogens is 558 g/mol. The number of nitrogen functional groups attached to an aromatic ring is 1. The van der Waals surface area contributed by atoms with Crippen molar-refractivity contribution in [2.24, 2.45) is 0 Å². The smallest absolute Gasteiger partial charge is 0.152 e. The number of methoxy groups -OCH3 is 2. The monoisotopic (exact) mass is 601 g/mol. The second kappa shape index (κ2) is 13.9. The molecule has 7 heteroatoms. The van der Waals surface area contributed by atoms with Crippen LogP contribution < -0.4 is 25.4 Å². The summed E-state index contributed by atoms with van der Waals surface area (Å²) in [6.07, 6.45) is 2.61. The minimum absolute atomic E-state index is 0.636. The first-order valence-corrected chi connectivity index (χ1v) is 15.7. The Kier molecular flexibility index (Phi) is 9.36. The number of pyridine rings is 1. The van der Waals surface area contributed by atoms with Crippen molar-refractivity contribution in [1.82, 2.24) is 9.88 Å². The van der Waals surface area contributed by atoms with Crippen LogP contribution in [0.3, 0.4) is 0 Å². The van der Waals surface area contributed by atoms with E-state index in [0.717, 1.165) is 45.8 Å². The fraction of sp³-hybridized carbons (Fsp3) is 0.289. The molecular formula is C38H43N5O2. The van der Waals surface area contributed by atoms with Gasteiger partial charge in [0.05, 0.1) is 31.1 Å². The Hall–Kier alpha value is -4.75. The van der Waals surface area contributed by atoms with E-state index in [0.29, 0.717) is 31.1 Å². The molecule has 1 fully saturated rings. The maximum atomic E-state index is 7.05. The van der Waals surface area contributed by atoms with Gasteiger partial charge in [-0.1, -0.05) is 60.7 Å². The van der Waals surface area contributed by atoms with E-state index in [4.69, 9.17) is 20.2 Å². The quantitative estimate of drug-likeness (QED) is 0.153. The van der Waals surface area contributed by atoms with Crippen LogP contribution in [0.25, 0.3) is 10.9 Å². The van der Waals surface area contributed by atoms with Crippen molar-refractivity contribution in [1.29, 1.82) is 0 Å². The molecule has 4 aromatic carbocycles. The van der Waals surface area contributed by atoms with Crippen molar-refractivity contribution >= 4 is 28.1 Å². The number of likely N-dealkylation sites (tertiary alicyclic amines) is 1. The Morgan fingerprint density at radius 2 is 1.40 bits per heavy atom. The molecule has 3 N–H and O–H groups in total. The fourth-order valence-corrected chi connectivity index (χ4v) is 6.21. The number of anilines is 3. The minimum atomic E-state index is 0.636. The Bertz CT molecular complexity index is 1680. The van der Waals surface area contributed by atoms with Gasteiger partial charge in [-0.3, -0.25) is 4.90 Å². The fourth-order valence-electron chi connectivity index (χ4n) is 6.21. The van der Waals surface area contributed by atoms with Crippen molar-refractivity contribution in [3.05, 3.63) is 119 Å². The lowest BCUT2D eigenvalue weighted by atomic mass is 10.0. The molecule has 1 aromatic heterocycles. The maximum absolute atomic E-state index is 7.05. The third-order valence-electron chi connectivity index (χ3n) is 8.74. The summed E-state index contributed by atoms with van der Waals surface area (Å²) in [5.41, 5.74) is 15.8. The zero-order valence-corrected chi connectivity index (χ0v) is 26.6. The van der Waals surface area contributed by atoms with Crippen LogP contribution in [0.4, 0.5) is 17.2 Å². The van der Waals surface area contributed by atoms with E-state index in [9.17, 15) is 0 Å². The van der Waals surface area contributed by atoms with Crippen molar-refractivity contribution < 1.29 is 9.47 Å². The van der Waals surface area contributed by atoms with Crippen LogP contribution in [-0.2, 0) is 26.2 Å². The molecule has 6 rings (SSSR count). The molecule has 0 bridgehead atoms. The van der Waals surface area contributed by atoms with Gasteiger partial charge in [-0.2, -0.15) is 0 Å². The van der Waals surface area contributed by atoms with Gasteiger partial charge in [0.2, 0.25) is 0 Å². The van der Waals surface area contributed by atoms with Gasteiger partial charge in [-0.15, -0.1) is 0 Å². The van der Waals surface area contributed by atoms with Gasteiger partial charge < -0.3 is 25.4 Å². The second-order valence-electron chi connectivity index (χ2n) is 11.9. The van der Waals surface area contributed by atoms with E-state index < -0.39 is 0 Å². The predicted octanol–water partition coefficient (Wildman–Crippen LogP) is 7.56. The molecule has 1 aliphatic heterocycles. The van der Waals surface area contributed by atoms with Gasteiger partial charge in [0, 0.05) is 31.6 Å². The second-order valence-corrected chi connectivity index (χ2v) is 11.9. The van der Waals surface area contributed by atoms with Crippen LogP contribution in [0.5, 0.6) is 11.5 Å². The average molecular weight is 602 g/mol. The first-order valence-electron chi connectivity index (χ1n) is 15.7. The first kappa shape index (κ1) is 30.3. The lowest BCUT2D eigenvalue weighted by Crippen LogP contribution is -2.24. The van der Waals surface area contributed by atoms with Crippen LogP contribution in [0, 0.1) is 6.92 Å².